The summed E-state index contributed by atoms with van der Waals surface area (Å²) in [6, 6.07) is 10.3. The van der Waals surface area contributed by atoms with Crippen molar-refractivity contribution in [2.45, 2.75) is 56.7 Å². The molecule has 254 valence electrons. The Bertz CT molecular complexity index is 1710. The first-order chi connectivity index (χ1) is 23.0. The Labute approximate surface area is 276 Å². The van der Waals surface area contributed by atoms with E-state index in [1.165, 1.54) is 24.7 Å². The summed E-state index contributed by atoms with van der Waals surface area (Å²) >= 11 is 0. The number of carboxylic acid groups (broad SMARTS) is 1. The van der Waals surface area contributed by atoms with Crippen LogP contribution in [0, 0.1) is 5.92 Å². The number of ketones is 1. The van der Waals surface area contributed by atoms with Crippen LogP contribution in [0.3, 0.4) is 0 Å². The summed E-state index contributed by atoms with van der Waals surface area (Å²) in [6.45, 7) is 0.279. The molecule has 0 fully saturated rings. The Morgan fingerprint density at radius 2 is 1.65 bits per heavy atom. The van der Waals surface area contributed by atoms with Crippen molar-refractivity contribution in [3.8, 4) is 5.75 Å². The van der Waals surface area contributed by atoms with E-state index in [0.717, 1.165) is 10.9 Å². The molecule has 0 aliphatic carbocycles. The standard InChI is InChI=1S/C33H41N9O6/c34-25(5-3-11-38-33(35)36)31(46)41-27(12-19-7-9-23(43)10-8-19)29(44)15-20(13-22-17-37-18-40-22)30(45)42-28(32(47)48)14-21-16-39-26-6-2-1-4-24(21)26/h1-2,4,6-10,16-18,20,25,27-28,39,43H,3,5,11-15,34H2,(H,37,40)(H,41,46)(H,42,45)(H,47,48)(H4,35,36,38). The number of carbonyl (C=O) groups excluding carboxylic acids is 3. The lowest BCUT2D eigenvalue weighted by Crippen LogP contribution is -2.50. The van der Waals surface area contributed by atoms with Gasteiger partial charge in [-0.1, -0.05) is 30.3 Å². The molecule has 15 heteroatoms. The summed E-state index contributed by atoms with van der Waals surface area (Å²) in [5.41, 5.74) is 19.6. The van der Waals surface area contributed by atoms with Gasteiger partial charge in [-0.2, -0.15) is 0 Å². The van der Waals surface area contributed by atoms with Crippen LogP contribution in [-0.2, 0) is 38.4 Å². The molecule has 0 radical (unpaired) electrons. The van der Waals surface area contributed by atoms with Crippen molar-refractivity contribution >= 4 is 40.4 Å². The maximum atomic E-state index is 13.9. The monoisotopic (exact) mass is 659 g/mol. The van der Waals surface area contributed by atoms with E-state index in [1.807, 2.05) is 24.3 Å². The van der Waals surface area contributed by atoms with Gasteiger partial charge in [-0.05, 0) is 48.6 Å². The fraction of sp³-hybridized carbons (Fsp3) is 0.333. The number of aromatic nitrogens is 3. The van der Waals surface area contributed by atoms with Crippen molar-refractivity contribution in [2.24, 2.45) is 28.1 Å². The number of H-pyrrole nitrogens is 2. The zero-order valence-corrected chi connectivity index (χ0v) is 26.3. The third-order valence-corrected chi connectivity index (χ3v) is 7.94. The molecule has 4 rings (SSSR count). The normalized spacial score (nSPS) is 13.6. The first-order valence-corrected chi connectivity index (χ1v) is 15.5. The molecule has 2 aromatic heterocycles. The average molecular weight is 660 g/mol. The van der Waals surface area contributed by atoms with Crippen LogP contribution in [0.5, 0.6) is 5.75 Å². The highest BCUT2D eigenvalue weighted by Gasteiger charge is 2.32. The number of aliphatic imine (C=N–C) groups is 1. The van der Waals surface area contributed by atoms with E-state index in [0.29, 0.717) is 23.2 Å². The van der Waals surface area contributed by atoms with Crippen molar-refractivity contribution in [1.82, 2.24) is 25.6 Å². The van der Waals surface area contributed by atoms with Gasteiger partial charge in [0, 0.05) is 54.8 Å². The number of rotatable bonds is 18. The number of hydrogen-bond donors (Lipinski definition) is 9. The molecular formula is C33H41N9O6. The summed E-state index contributed by atoms with van der Waals surface area (Å²) < 4.78 is 0. The number of nitrogens with one attached hydrogen (secondary N) is 4. The molecule has 4 atom stereocenters. The van der Waals surface area contributed by atoms with Crippen LogP contribution in [0.25, 0.3) is 10.9 Å². The fourth-order valence-corrected chi connectivity index (χ4v) is 5.36. The number of nitrogens with two attached hydrogens (primary N) is 3. The average Bonchev–Trinajstić information content (AvgIpc) is 3.73. The second kappa shape index (κ2) is 16.7. The number of aromatic hydroxyl groups is 1. The van der Waals surface area contributed by atoms with E-state index in [4.69, 9.17) is 17.2 Å². The van der Waals surface area contributed by atoms with Crippen molar-refractivity contribution in [1.29, 1.82) is 0 Å². The number of carbonyl (C=O) groups is 4. The van der Waals surface area contributed by atoms with Crippen LogP contribution in [0.2, 0.25) is 0 Å². The molecule has 0 aliphatic rings. The number of nitrogens with zero attached hydrogens (tertiary/aromatic N) is 2. The molecule has 0 saturated carbocycles. The SMILES string of the molecule is NC(N)=NCCCC(N)C(=O)NC(Cc1ccc(O)cc1)C(=O)CC(Cc1cnc[nH]1)C(=O)NC(Cc1c[nH]c2ccccc12)C(=O)O. The number of aliphatic carboxylic acids is 1. The number of phenolic OH excluding ortho intramolecular Hbond substituents is 1. The third-order valence-electron chi connectivity index (χ3n) is 7.94. The molecule has 15 nitrogen and oxygen atoms in total. The molecule has 48 heavy (non-hydrogen) atoms. The molecule has 12 N–H and O–H groups in total. The maximum absolute atomic E-state index is 13.9. The van der Waals surface area contributed by atoms with Gasteiger partial charge in [0.05, 0.1) is 24.3 Å². The molecule has 0 saturated heterocycles. The summed E-state index contributed by atoms with van der Waals surface area (Å²) in [5.74, 6) is -3.96. The summed E-state index contributed by atoms with van der Waals surface area (Å²) in [4.78, 5) is 66.9. The molecule has 4 unspecified atom stereocenters. The summed E-state index contributed by atoms with van der Waals surface area (Å²) in [7, 11) is 0. The second-order valence-electron chi connectivity index (χ2n) is 11.6. The number of amides is 2. The van der Waals surface area contributed by atoms with Crippen molar-refractivity contribution in [2.75, 3.05) is 6.54 Å². The Morgan fingerprint density at radius 1 is 0.917 bits per heavy atom. The van der Waals surface area contributed by atoms with Gasteiger partial charge in [-0.3, -0.25) is 19.4 Å². The van der Waals surface area contributed by atoms with Gasteiger partial charge in [-0.15, -0.1) is 0 Å². The number of para-hydroxylation sites is 1. The van der Waals surface area contributed by atoms with E-state index < -0.39 is 47.6 Å². The first kappa shape index (κ1) is 35.2. The highest BCUT2D eigenvalue weighted by molar-refractivity contribution is 5.94. The van der Waals surface area contributed by atoms with Gasteiger partial charge in [0.25, 0.3) is 0 Å². The van der Waals surface area contributed by atoms with Crippen LogP contribution in [-0.4, -0.2) is 79.4 Å². The smallest absolute Gasteiger partial charge is 0.326 e. The lowest BCUT2D eigenvalue weighted by molar-refractivity contribution is -0.142. The molecule has 0 aliphatic heterocycles. The van der Waals surface area contributed by atoms with Crippen LogP contribution >= 0.6 is 0 Å². The quantitative estimate of drug-likeness (QED) is 0.0408. The van der Waals surface area contributed by atoms with E-state index in [2.05, 4.69) is 30.6 Å². The number of fused-ring (bicyclic) bond motifs is 1. The Hall–Kier alpha value is -5.70. The number of carboxylic acids is 1. The van der Waals surface area contributed by atoms with Crippen molar-refractivity contribution < 1.29 is 29.4 Å². The lowest BCUT2D eigenvalue weighted by Gasteiger charge is -2.24. The van der Waals surface area contributed by atoms with Gasteiger partial charge in [0.1, 0.15) is 11.8 Å². The number of Topliss-reactive ketones (excluding diaryl/α,β-unsaturated/α-hetero) is 1. The lowest BCUT2D eigenvalue weighted by atomic mass is 9.90. The van der Waals surface area contributed by atoms with Gasteiger partial charge in [-0.25, -0.2) is 9.78 Å². The number of aromatic amines is 2. The van der Waals surface area contributed by atoms with E-state index in [9.17, 15) is 29.4 Å². The largest absolute Gasteiger partial charge is 0.508 e. The van der Waals surface area contributed by atoms with Crippen LogP contribution < -0.4 is 27.8 Å². The maximum Gasteiger partial charge on any atom is 0.326 e. The zero-order chi connectivity index (χ0) is 34.6. The molecule has 2 aromatic carbocycles. The van der Waals surface area contributed by atoms with Crippen LogP contribution in [0.15, 0.2) is 72.2 Å². The topological polar surface area (TPSA) is 268 Å². The molecule has 0 spiro atoms. The zero-order valence-electron chi connectivity index (χ0n) is 26.3. The number of imidazole rings is 1. The van der Waals surface area contributed by atoms with Crippen LogP contribution in [0.1, 0.15) is 36.1 Å². The molecule has 4 aromatic rings. The Kier molecular flexibility index (Phi) is 12.3. The fourth-order valence-electron chi connectivity index (χ4n) is 5.36. The number of guanidine groups is 1. The van der Waals surface area contributed by atoms with Gasteiger partial charge < -0.3 is 48.0 Å². The van der Waals surface area contributed by atoms with E-state index in [1.54, 1.807) is 18.3 Å². The Morgan fingerprint density at radius 3 is 2.33 bits per heavy atom. The summed E-state index contributed by atoms with van der Waals surface area (Å²) in [6.07, 6.45) is 5.14. The minimum Gasteiger partial charge on any atom is -0.508 e. The predicted molar refractivity (Wildman–Crippen MR) is 179 cm³/mol. The molecule has 2 heterocycles. The highest BCUT2D eigenvalue weighted by Crippen LogP contribution is 2.21. The van der Waals surface area contributed by atoms with Crippen LogP contribution in [0.4, 0.5) is 0 Å². The van der Waals surface area contributed by atoms with Gasteiger partial charge in [0.15, 0.2) is 11.7 Å². The van der Waals surface area contributed by atoms with E-state index in [-0.39, 0.29) is 50.4 Å². The number of phenols is 1. The Balaban J connectivity index is 1.52. The minimum absolute atomic E-state index is 0.0103. The second-order valence-corrected chi connectivity index (χ2v) is 11.6. The van der Waals surface area contributed by atoms with Gasteiger partial charge >= 0.3 is 5.97 Å². The van der Waals surface area contributed by atoms with E-state index >= 15 is 0 Å². The number of benzene rings is 2. The predicted octanol–water partition coefficient (Wildman–Crippen LogP) is 0.635. The van der Waals surface area contributed by atoms with Crippen molar-refractivity contribution in [3.05, 3.63) is 84.1 Å². The molecule has 2 amide bonds. The molecule has 0 bridgehead atoms. The highest BCUT2D eigenvalue weighted by atomic mass is 16.4. The molecular weight excluding hydrogens is 618 g/mol. The van der Waals surface area contributed by atoms with Crippen molar-refractivity contribution in [3.63, 3.8) is 0 Å². The minimum atomic E-state index is -1.28. The first-order valence-electron chi connectivity index (χ1n) is 15.5. The summed E-state index contributed by atoms with van der Waals surface area (Å²) in [5, 5.41) is 26.0. The van der Waals surface area contributed by atoms with Gasteiger partial charge in [0.2, 0.25) is 11.8 Å². The number of hydrogen-bond acceptors (Lipinski definition) is 8. The third kappa shape index (κ3) is 10.2.